The van der Waals surface area contributed by atoms with Gasteiger partial charge in [0.15, 0.2) is 5.78 Å². The van der Waals surface area contributed by atoms with Gasteiger partial charge in [0.05, 0.1) is 12.0 Å². The predicted molar refractivity (Wildman–Crippen MR) is 71.7 cm³/mol. The topological polar surface area (TPSA) is 53.0 Å². The fraction of sp³-hybridized carbons (Fsp3) is 0.500. The first-order valence-electron chi connectivity index (χ1n) is 6.59. The highest BCUT2D eigenvalue weighted by Crippen LogP contribution is 2.31. The van der Waals surface area contributed by atoms with Gasteiger partial charge in [0, 0.05) is 37.9 Å². The number of Topliss-reactive ketones (excluding diaryl/α,β-unsaturated/α-hetero) is 1. The van der Waals surface area contributed by atoms with Crippen molar-refractivity contribution in [2.24, 2.45) is 0 Å². The number of likely N-dealkylation sites (N-methyl/N-ethyl adjacent to an activating group) is 1. The number of hydrogen-bond acceptors (Lipinski definition) is 5. The minimum Gasteiger partial charge on any atom is -0.464 e. The zero-order valence-corrected chi connectivity index (χ0v) is 11.0. The monoisotopic (exact) mass is 262 g/mol. The summed E-state index contributed by atoms with van der Waals surface area (Å²) in [6.07, 6.45) is -0.969. The van der Waals surface area contributed by atoms with Gasteiger partial charge in [-0.1, -0.05) is 0 Å². The van der Waals surface area contributed by atoms with Gasteiger partial charge in [-0.3, -0.25) is 4.79 Å². The highest BCUT2D eigenvalue weighted by atomic mass is 16.6. The molecule has 1 saturated heterocycles. The van der Waals surface area contributed by atoms with Gasteiger partial charge in [-0.05, 0) is 19.2 Å². The van der Waals surface area contributed by atoms with Crippen LogP contribution in [-0.4, -0.2) is 55.3 Å². The Morgan fingerprint density at radius 1 is 1.26 bits per heavy atom. The van der Waals surface area contributed by atoms with Crippen LogP contribution in [0.5, 0.6) is 5.75 Å². The molecule has 5 heteroatoms. The minimum absolute atomic E-state index is 0.0425. The molecule has 1 unspecified atom stereocenters. The molecule has 0 spiro atoms. The molecule has 3 rings (SSSR count). The lowest BCUT2D eigenvalue weighted by molar-refractivity contribution is -0.0245. The first-order chi connectivity index (χ1) is 9.13. The molecule has 2 heterocycles. The molecule has 0 bridgehead atoms. The molecule has 2 aliphatic rings. The van der Waals surface area contributed by atoms with Gasteiger partial charge in [0.25, 0.3) is 0 Å². The summed E-state index contributed by atoms with van der Waals surface area (Å²) >= 11 is 0. The molecule has 0 radical (unpaired) electrons. The summed E-state index contributed by atoms with van der Waals surface area (Å²) in [6, 6.07) is 5.63. The van der Waals surface area contributed by atoms with Crippen molar-refractivity contribution >= 4 is 11.5 Å². The van der Waals surface area contributed by atoms with Crippen molar-refractivity contribution in [1.29, 1.82) is 0 Å². The van der Waals surface area contributed by atoms with E-state index in [-0.39, 0.29) is 12.2 Å². The van der Waals surface area contributed by atoms with Gasteiger partial charge in [0.2, 0.25) is 6.29 Å². The van der Waals surface area contributed by atoms with Crippen LogP contribution in [0.1, 0.15) is 16.8 Å². The quantitative estimate of drug-likeness (QED) is 0.808. The Kier molecular flexibility index (Phi) is 3.16. The standard InChI is InChI=1S/C14H18N2O3/c1-15-4-6-16(7-5-15)10-2-3-11-12(17)9-14(18)19-13(11)8-10/h2-3,8,14,18H,4-7,9H2,1H3. The van der Waals surface area contributed by atoms with Crippen LogP contribution >= 0.6 is 0 Å². The Morgan fingerprint density at radius 2 is 2.00 bits per heavy atom. The van der Waals surface area contributed by atoms with E-state index in [9.17, 15) is 9.90 Å². The molecule has 0 aromatic heterocycles. The largest absolute Gasteiger partial charge is 0.464 e. The molecule has 2 aliphatic heterocycles. The Bertz CT molecular complexity index is 495. The number of carbonyl (C=O) groups excluding carboxylic acids is 1. The van der Waals surface area contributed by atoms with E-state index in [1.165, 1.54) is 0 Å². The number of fused-ring (bicyclic) bond motifs is 1. The van der Waals surface area contributed by atoms with Crippen molar-refractivity contribution in [2.45, 2.75) is 12.7 Å². The average Bonchev–Trinajstić information content (AvgIpc) is 2.38. The number of hydrogen-bond donors (Lipinski definition) is 1. The lowest BCUT2D eigenvalue weighted by atomic mass is 10.0. The maximum absolute atomic E-state index is 11.8. The van der Waals surface area contributed by atoms with Crippen LogP contribution in [0.15, 0.2) is 18.2 Å². The number of ketones is 1. The normalized spacial score (nSPS) is 24.0. The number of nitrogens with zero attached hydrogens (tertiary/aromatic N) is 2. The van der Waals surface area contributed by atoms with Crippen molar-refractivity contribution in [3.63, 3.8) is 0 Å². The predicted octanol–water partition coefficient (Wildman–Crippen LogP) is 0.722. The van der Waals surface area contributed by atoms with Gasteiger partial charge in [0.1, 0.15) is 5.75 Å². The SMILES string of the molecule is CN1CCN(c2ccc3c(c2)OC(O)CC3=O)CC1. The van der Waals surface area contributed by atoms with E-state index < -0.39 is 6.29 Å². The van der Waals surface area contributed by atoms with E-state index in [0.717, 1.165) is 31.9 Å². The van der Waals surface area contributed by atoms with Crippen molar-refractivity contribution in [2.75, 3.05) is 38.1 Å². The molecule has 102 valence electrons. The lowest BCUT2D eigenvalue weighted by Gasteiger charge is -2.34. The van der Waals surface area contributed by atoms with Crippen molar-refractivity contribution in [1.82, 2.24) is 4.90 Å². The van der Waals surface area contributed by atoms with Gasteiger partial charge in [-0.15, -0.1) is 0 Å². The molecular weight excluding hydrogens is 244 g/mol. The molecule has 1 atom stereocenters. The van der Waals surface area contributed by atoms with E-state index in [1.54, 1.807) is 6.07 Å². The molecule has 0 aliphatic carbocycles. The molecule has 1 aromatic rings. The average molecular weight is 262 g/mol. The summed E-state index contributed by atoms with van der Waals surface area (Å²) in [5.74, 6) is 0.443. The van der Waals surface area contributed by atoms with Crippen molar-refractivity contribution in [3.8, 4) is 5.75 Å². The van der Waals surface area contributed by atoms with Crippen LogP contribution in [-0.2, 0) is 0 Å². The summed E-state index contributed by atoms with van der Waals surface area (Å²) < 4.78 is 5.35. The summed E-state index contributed by atoms with van der Waals surface area (Å²) in [5, 5.41) is 9.50. The van der Waals surface area contributed by atoms with E-state index in [2.05, 4.69) is 16.8 Å². The van der Waals surface area contributed by atoms with E-state index in [0.29, 0.717) is 11.3 Å². The number of carbonyl (C=O) groups is 1. The smallest absolute Gasteiger partial charge is 0.204 e. The highest BCUT2D eigenvalue weighted by Gasteiger charge is 2.26. The maximum atomic E-state index is 11.8. The first-order valence-corrected chi connectivity index (χ1v) is 6.59. The van der Waals surface area contributed by atoms with E-state index in [4.69, 9.17) is 4.74 Å². The molecule has 1 aromatic carbocycles. The second-order valence-corrected chi connectivity index (χ2v) is 5.17. The van der Waals surface area contributed by atoms with Crippen LogP contribution < -0.4 is 9.64 Å². The summed E-state index contributed by atoms with van der Waals surface area (Å²) in [4.78, 5) is 16.3. The summed E-state index contributed by atoms with van der Waals surface area (Å²) in [6.45, 7) is 3.98. The fourth-order valence-electron chi connectivity index (χ4n) is 2.56. The highest BCUT2D eigenvalue weighted by molar-refractivity contribution is 6.00. The van der Waals surface area contributed by atoms with Gasteiger partial charge in [-0.2, -0.15) is 0 Å². The number of benzene rings is 1. The molecule has 1 fully saturated rings. The Hall–Kier alpha value is -1.59. The third-order valence-corrected chi connectivity index (χ3v) is 3.76. The van der Waals surface area contributed by atoms with Gasteiger partial charge < -0.3 is 19.6 Å². The van der Waals surface area contributed by atoms with E-state index >= 15 is 0 Å². The number of anilines is 1. The molecule has 5 nitrogen and oxygen atoms in total. The maximum Gasteiger partial charge on any atom is 0.204 e. The molecule has 19 heavy (non-hydrogen) atoms. The Morgan fingerprint density at radius 3 is 2.74 bits per heavy atom. The van der Waals surface area contributed by atoms with E-state index in [1.807, 2.05) is 12.1 Å². The number of piperazine rings is 1. The molecule has 1 N–H and O–H groups in total. The van der Waals surface area contributed by atoms with Gasteiger partial charge >= 0.3 is 0 Å². The van der Waals surface area contributed by atoms with Gasteiger partial charge in [-0.25, -0.2) is 0 Å². The van der Waals surface area contributed by atoms with Crippen LogP contribution in [0.4, 0.5) is 5.69 Å². The third-order valence-electron chi connectivity index (χ3n) is 3.76. The molecule has 0 saturated carbocycles. The second kappa shape index (κ2) is 4.83. The van der Waals surface area contributed by atoms with Crippen LogP contribution in [0.25, 0.3) is 0 Å². The van der Waals surface area contributed by atoms with Crippen LogP contribution in [0.3, 0.4) is 0 Å². The third kappa shape index (κ3) is 2.43. The van der Waals surface area contributed by atoms with Crippen LogP contribution in [0.2, 0.25) is 0 Å². The summed E-state index contributed by atoms with van der Waals surface area (Å²) in [7, 11) is 2.11. The lowest BCUT2D eigenvalue weighted by Crippen LogP contribution is -2.44. The zero-order chi connectivity index (χ0) is 13.4. The Labute approximate surface area is 112 Å². The molecular formula is C14H18N2O3. The fourth-order valence-corrected chi connectivity index (χ4v) is 2.56. The second-order valence-electron chi connectivity index (χ2n) is 5.17. The number of ether oxygens (including phenoxy) is 1. The zero-order valence-electron chi connectivity index (χ0n) is 11.0. The number of aliphatic hydroxyl groups is 1. The number of aliphatic hydroxyl groups excluding tert-OH is 1. The first kappa shape index (κ1) is 12.4. The van der Waals surface area contributed by atoms with Crippen molar-refractivity contribution < 1.29 is 14.6 Å². The number of rotatable bonds is 1. The van der Waals surface area contributed by atoms with Crippen molar-refractivity contribution in [3.05, 3.63) is 23.8 Å². The Balaban J connectivity index is 1.85. The minimum atomic E-state index is -1.01. The summed E-state index contributed by atoms with van der Waals surface area (Å²) in [5.41, 5.74) is 1.62. The molecule has 0 amide bonds. The van der Waals surface area contributed by atoms with Crippen LogP contribution in [0, 0.1) is 0 Å².